The number of benzene rings is 2. The smallest absolute Gasteiger partial charge is 0.274 e. The summed E-state index contributed by atoms with van der Waals surface area (Å²) in [6.45, 7) is 1.52. The molecule has 0 atom stereocenters. The zero-order valence-electron chi connectivity index (χ0n) is 14.6. The molecule has 0 saturated carbocycles. The number of hydrogen-bond acceptors (Lipinski definition) is 5. The van der Waals surface area contributed by atoms with Crippen molar-refractivity contribution in [2.24, 2.45) is 0 Å². The van der Waals surface area contributed by atoms with Crippen LogP contribution in [-0.4, -0.2) is 16.7 Å². The molecule has 0 aliphatic rings. The fourth-order valence-electron chi connectivity index (χ4n) is 2.41. The monoisotopic (exact) mass is 356 g/mol. The lowest BCUT2D eigenvalue weighted by molar-refractivity contribution is 0.101. The molecule has 0 bridgehead atoms. The van der Waals surface area contributed by atoms with E-state index in [0.717, 1.165) is 5.69 Å². The summed E-state index contributed by atoms with van der Waals surface area (Å²) in [6, 6.07) is 19.1. The summed E-state index contributed by atoms with van der Waals surface area (Å²) in [5, 5.41) is 14.7. The van der Waals surface area contributed by atoms with Crippen LogP contribution in [0.3, 0.4) is 0 Å². The van der Waals surface area contributed by atoms with E-state index in [1.807, 2.05) is 6.07 Å². The molecule has 3 rings (SSSR count). The van der Waals surface area contributed by atoms with Crippen molar-refractivity contribution in [1.29, 1.82) is 5.26 Å². The van der Waals surface area contributed by atoms with Crippen molar-refractivity contribution in [3.05, 3.63) is 83.7 Å². The lowest BCUT2D eigenvalue weighted by Crippen LogP contribution is -2.13. The molecule has 2 N–H and O–H groups in total. The summed E-state index contributed by atoms with van der Waals surface area (Å²) in [4.78, 5) is 27.8. The maximum atomic E-state index is 12.4. The minimum atomic E-state index is -0.352. The lowest BCUT2D eigenvalue weighted by Gasteiger charge is -2.09. The molecule has 27 heavy (non-hydrogen) atoms. The Morgan fingerprint density at radius 1 is 0.926 bits per heavy atom. The minimum Gasteiger partial charge on any atom is -0.355 e. The normalized spacial score (nSPS) is 9.93. The molecule has 6 heteroatoms. The first-order valence-corrected chi connectivity index (χ1v) is 8.21. The Hall–Kier alpha value is -3.98. The number of carbonyl (C=O) groups is 2. The zero-order valence-corrected chi connectivity index (χ0v) is 14.6. The van der Waals surface area contributed by atoms with Crippen molar-refractivity contribution in [3.63, 3.8) is 0 Å². The topological polar surface area (TPSA) is 94.9 Å². The minimum absolute atomic E-state index is 0.00669. The Morgan fingerprint density at radius 3 is 2.22 bits per heavy atom. The molecule has 1 heterocycles. The molecule has 0 fully saturated rings. The highest BCUT2D eigenvalue weighted by Crippen LogP contribution is 2.18. The first-order chi connectivity index (χ1) is 13.0. The third-order valence-corrected chi connectivity index (χ3v) is 3.84. The number of anilines is 3. The zero-order chi connectivity index (χ0) is 19.2. The highest BCUT2D eigenvalue weighted by molar-refractivity contribution is 6.03. The number of aromatic nitrogens is 1. The standard InChI is InChI=1S/C21H16N4O2/c1-14(26)16-4-8-17(9-5-16)24-19-10-11-23-20(12-19)21(27)25-18-6-2-15(13-22)3-7-18/h2-12H,1H3,(H,23,24)(H,25,27). The molecule has 0 unspecified atom stereocenters. The van der Waals surface area contributed by atoms with Gasteiger partial charge >= 0.3 is 0 Å². The fraction of sp³-hybridized carbons (Fsp3) is 0.0476. The number of nitrogens with one attached hydrogen (secondary N) is 2. The third-order valence-electron chi connectivity index (χ3n) is 3.84. The van der Waals surface area contributed by atoms with Crippen LogP contribution in [0.25, 0.3) is 0 Å². The van der Waals surface area contributed by atoms with Gasteiger partial charge in [0.05, 0.1) is 11.6 Å². The van der Waals surface area contributed by atoms with Crippen LogP contribution in [0.1, 0.15) is 33.3 Å². The Morgan fingerprint density at radius 2 is 1.59 bits per heavy atom. The van der Waals surface area contributed by atoms with E-state index in [-0.39, 0.29) is 17.4 Å². The van der Waals surface area contributed by atoms with Crippen LogP contribution in [0.5, 0.6) is 0 Å². The van der Waals surface area contributed by atoms with Gasteiger partial charge in [0, 0.05) is 28.8 Å². The van der Waals surface area contributed by atoms with Gasteiger partial charge in [-0.3, -0.25) is 14.6 Å². The summed E-state index contributed by atoms with van der Waals surface area (Å²) in [5.41, 5.74) is 3.49. The van der Waals surface area contributed by atoms with E-state index in [1.165, 1.54) is 6.92 Å². The second-order valence-electron chi connectivity index (χ2n) is 5.83. The molecular weight excluding hydrogens is 340 g/mol. The molecule has 0 saturated heterocycles. The van der Waals surface area contributed by atoms with Crippen LogP contribution < -0.4 is 10.6 Å². The predicted molar refractivity (Wildman–Crippen MR) is 103 cm³/mol. The molecule has 2 aromatic carbocycles. The van der Waals surface area contributed by atoms with Crippen molar-refractivity contribution in [1.82, 2.24) is 4.98 Å². The number of carbonyl (C=O) groups excluding carboxylic acids is 2. The quantitative estimate of drug-likeness (QED) is 0.670. The molecular formula is C21H16N4O2. The van der Waals surface area contributed by atoms with E-state index in [0.29, 0.717) is 22.5 Å². The average Bonchev–Trinajstić information content (AvgIpc) is 2.69. The van der Waals surface area contributed by atoms with Crippen molar-refractivity contribution in [2.45, 2.75) is 6.92 Å². The number of pyridine rings is 1. The van der Waals surface area contributed by atoms with Gasteiger partial charge in [0.25, 0.3) is 5.91 Å². The number of amides is 1. The van der Waals surface area contributed by atoms with Crippen LogP contribution in [0.15, 0.2) is 66.9 Å². The molecule has 3 aromatic rings. The first-order valence-electron chi connectivity index (χ1n) is 8.21. The maximum Gasteiger partial charge on any atom is 0.274 e. The van der Waals surface area contributed by atoms with Gasteiger partial charge in [0.15, 0.2) is 5.78 Å². The highest BCUT2D eigenvalue weighted by Gasteiger charge is 2.09. The molecule has 0 spiro atoms. The number of rotatable bonds is 5. The fourth-order valence-corrected chi connectivity index (χ4v) is 2.41. The van der Waals surface area contributed by atoms with Crippen LogP contribution in [0.2, 0.25) is 0 Å². The Kier molecular flexibility index (Phi) is 5.24. The van der Waals surface area contributed by atoms with E-state index in [1.54, 1.807) is 66.9 Å². The van der Waals surface area contributed by atoms with E-state index < -0.39 is 0 Å². The van der Waals surface area contributed by atoms with Crippen molar-refractivity contribution >= 4 is 28.8 Å². The van der Waals surface area contributed by atoms with Gasteiger partial charge in [0.2, 0.25) is 0 Å². The molecule has 0 aliphatic carbocycles. The molecule has 6 nitrogen and oxygen atoms in total. The molecule has 1 amide bonds. The Labute approximate surface area is 156 Å². The number of ketones is 1. The first kappa shape index (κ1) is 17.8. The van der Waals surface area contributed by atoms with Crippen LogP contribution in [0, 0.1) is 11.3 Å². The summed E-state index contributed by atoms with van der Waals surface area (Å²) < 4.78 is 0. The van der Waals surface area contributed by atoms with Gasteiger partial charge in [-0.25, -0.2) is 0 Å². The number of nitrogens with zero attached hydrogens (tertiary/aromatic N) is 2. The summed E-state index contributed by atoms with van der Waals surface area (Å²) in [6.07, 6.45) is 1.54. The lowest BCUT2D eigenvalue weighted by atomic mass is 10.1. The SMILES string of the molecule is CC(=O)c1ccc(Nc2ccnc(C(=O)Nc3ccc(C#N)cc3)c2)cc1. The van der Waals surface area contributed by atoms with Gasteiger partial charge in [-0.15, -0.1) is 0 Å². The van der Waals surface area contributed by atoms with Gasteiger partial charge in [-0.05, 0) is 67.6 Å². The largest absolute Gasteiger partial charge is 0.355 e. The average molecular weight is 356 g/mol. The van der Waals surface area contributed by atoms with Gasteiger partial charge in [-0.1, -0.05) is 0 Å². The molecule has 0 radical (unpaired) electrons. The van der Waals surface area contributed by atoms with E-state index >= 15 is 0 Å². The van der Waals surface area contributed by atoms with Crippen LogP contribution >= 0.6 is 0 Å². The van der Waals surface area contributed by atoms with Crippen molar-refractivity contribution in [2.75, 3.05) is 10.6 Å². The van der Waals surface area contributed by atoms with E-state index in [9.17, 15) is 9.59 Å². The van der Waals surface area contributed by atoms with Gasteiger partial charge in [-0.2, -0.15) is 5.26 Å². The molecule has 132 valence electrons. The maximum absolute atomic E-state index is 12.4. The predicted octanol–water partition coefficient (Wildman–Crippen LogP) is 4.15. The van der Waals surface area contributed by atoms with Crippen molar-refractivity contribution < 1.29 is 9.59 Å². The molecule has 0 aliphatic heterocycles. The highest BCUT2D eigenvalue weighted by atomic mass is 16.2. The Balaban J connectivity index is 1.71. The summed E-state index contributed by atoms with van der Waals surface area (Å²) in [7, 11) is 0. The second kappa shape index (κ2) is 7.93. The molecule has 1 aromatic heterocycles. The van der Waals surface area contributed by atoms with Crippen LogP contribution in [0.4, 0.5) is 17.1 Å². The van der Waals surface area contributed by atoms with E-state index in [2.05, 4.69) is 15.6 Å². The summed E-state index contributed by atoms with van der Waals surface area (Å²) in [5.74, 6) is -0.345. The Bertz CT molecular complexity index is 1020. The van der Waals surface area contributed by atoms with Gasteiger partial charge < -0.3 is 10.6 Å². The van der Waals surface area contributed by atoms with Gasteiger partial charge in [0.1, 0.15) is 5.69 Å². The number of Topliss-reactive ketones (excluding diaryl/α,β-unsaturated/α-hetero) is 1. The van der Waals surface area contributed by atoms with E-state index in [4.69, 9.17) is 5.26 Å². The second-order valence-corrected chi connectivity index (χ2v) is 5.83. The summed E-state index contributed by atoms with van der Waals surface area (Å²) >= 11 is 0. The third kappa shape index (κ3) is 4.55. The van der Waals surface area contributed by atoms with Crippen LogP contribution in [-0.2, 0) is 0 Å². The number of nitriles is 1. The van der Waals surface area contributed by atoms with Crippen molar-refractivity contribution in [3.8, 4) is 6.07 Å². The number of hydrogen-bond donors (Lipinski definition) is 2.